The maximum absolute atomic E-state index is 6.40. The van der Waals surface area contributed by atoms with E-state index in [4.69, 9.17) is 8.83 Å². The Morgan fingerprint density at radius 1 is 0.347 bits per heavy atom. The first kappa shape index (κ1) is 27.5. The second-order valence-electron chi connectivity index (χ2n) is 12.5. The van der Waals surface area contributed by atoms with Crippen molar-refractivity contribution in [2.24, 2.45) is 0 Å². The largest absolute Gasteiger partial charge is 0.456 e. The monoisotopic (exact) mass is 627 g/mol. The molecule has 0 bridgehead atoms. The molecular formula is C46H29NO2. The molecule has 2 heterocycles. The number of anilines is 3. The Morgan fingerprint density at radius 3 is 1.80 bits per heavy atom. The van der Waals surface area contributed by atoms with Gasteiger partial charge >= 0.3 is 0 Å². The highest BCUT2D eigenvalue weighted by Crippen LogP contribution is 2.46. The van der Waals surface area contributed by atoms with E-state index in [1.807, 2.05) is 24.3 Å². The van der Waals surface area contributed by atoms with Crippen LogP contribution >= 0.6 is 0 Å². The van der Waals surface area contributed by atoms with Gasteiger partial charge in [0.1, 0.15) is 22.3 Å². The predicted octanol–water partition coefficient (Wildman–Crippen LogP) is 13.4. The summed E-state index contributed by atoms with van der Waals surface area (Å²) in [6.45, 7) is 0. The third-order valence-corrected chi connectivity index (χ3v) is 9.68. The third kappa shape index (κ3) is 4.44. The average molecular weight is 628 g/mol. The Labute approximate surface area is 282 Å². The molecule has 0 saturated heterocycles. The highest BCUT2D eigenvalue weighted by atomic mass is 16.3. The van der Waals surface area contributed by atoms with Crippen LogP contribution < -0.4 is 4.90 Å². The molecule has 0 spiro atoms. The van der Waals surface area contributed by atoms with Gasteiger partial charge in [-0.3, -0.25) is 0 Å². The lowest BCUT2D eigenvalue weighted by atomic mass is 9.96. The molecule has 0 aliphatic rings. The average Bonchev–Trinajstić information content (AvgIpc) is 3.73. The van der Waals surface area contributed by atoms with Crippen LogP contribution in [0.1, 0.15) is 0 Å². The lowest BCUT2D eigenvalue weighted by molar-refractivity contribution is 0.668. The van der Waals surface area contributed by atoms with Gasteiger partial charge in [0.25, 0.3) is 0 Å². The summed E-state index contributed by atoms with van der Waals surface area (Å²) in [4.78, 5) is 2.34. The maximum atomic E-state index is 6.40. The van der Waals surface area contributed by atoms with Crippen molar-refractivity contribution in [2.75, 3.05) is 4.90 Å². The fraction of sp³-hybridized carbons (Fsp3) is 0. The Bertz CT molecular complexity index is 2830. The van der Waals surface area contributed by atoms with Crippen LogP contribution in [-0.2, 0) is 0 Å². The number of benzene rings is 8. The number of fused-ring (bicyclic) bond motifs is 7. The zero-order valence-electron chi connectivity index (χ0n) is 26.5. The first-order valence-corrected chi connectivity index (χ1v) is 16.6. The van der Waals surface area contributed by atoms with E-state index in [0.29, 0.717) is 0 Å². The smallest absolute Gasteiger partial charge is 0.137 e. The zero-order valence-corrected chi connectivity index (χ0v) is 26.5. The van der Waals surface area contributed by atoms with Crippen LogP contribution in [0.25, 0.3) is 76.9 Å². The molecule has 0 fully saturated rings. The molecule has 3 nitrogen and oxygen atoms in total. The molecule has 0 aliphatic carbocycles. The molecule has 0 unspecified atom stereocenters. The molecule has 0 aliphatic heterocycles. The van der Waals surface area contributed by atoms with E-state index in [1.165, 1.54) is 21.9 Å². The van der Waals surface area contributed by atoms with Gasteiger partial charge in [-0.25, -0.2) is 0 Å². The number of rotatable bonds is 5. The van der Waals surface area contributed by atoms with Gasteiger partial charge in [-0.05, 0) is 76.0 Å². The molecule has 0 atom stereocenters. The van der Waals surface area contributed by atoms with Crippen LogP contribution in [0.2, 0.25) is 0 Å². The minimum absolute atomic E-state index is 0.858. The van der Waals surface area contributed by atoms with Gasteiger partial charge in [-0.1, -0.05) is 121 Å². The van der Waals surface area contributed by atoms with Crippen LogP contribution in [0.15, 0.2) is 185 Å². The Morgan fingerprint density at radius 2 is 0.918 bits per heavy atom. The van der Waals surface area contributed by atoms with E-state index in [-0.39, 0.29) is 0 Å². The second-order valence-corrected chi connectivity index (χ2v) is 12.5. The van der Waals surface area contributed by atoms with Crippen LogP contribution in [0, 0.1) is 0 Å². The van der Waals surface area contributed by atoms with Gasteiger partial charge in [-0.2, -0.15) is 0 Å². The summed E-state index contributed by atoms with van der Waals surface area (Å²) in [5.74, 6) is 0. The molecular weight excluding hydrogens is 599 g/mol. The van der Waals surface area contributed by atoms with E-state index >= 15 is 0 Å². The summed E-state index contributed by atoms with van der Waals surface area (Å²) in [6.07, 6.45) is 0. The van der Waals surface area contributed by atoms with Crippen molar-refractivity contribution in [1.82, 2.24) is 0 Å². The summed E-state index contributed by atoms with van der Waals surface area (Å²) >= 11 is 0. The normalized spacial score (nSPS) is 11.7. The van der Waals surface area contributed by atoms with Crippen molar-refractivity contribution in [3.63, 3.8) is 0 Å². The summed E-state index contributed by atoms with van der Waals surface area (Å²) < 4.78 is 12.7. The Kier molecular flexibility index (Phi) is 6.18. The van der Waals surface area contributed by atoms with Crippen molar-refractivity contribution in [2.45, 2.75) is 0 Å². The van der Waals surface area contributed by atoms with E-state index in [2.05, 4.69) is 157 Å². The number of hydrogen-bond acceptors (Lipinski definition) is 3. The highest BCUT2D eigenvalue weighted by molar-refractivity contribution is 6.14. The van der Waals surface area contributed by atoms with Crippen molar-refractivity contribution in [3.05, 3.63) is 176 Å². The van der Waals surface area contributed by atoms with Crippen LogP contribution in [0.4, 0.5) is 17.1 Å². The quantitative estimate of drug-likeness (QED) is 0.190. The molecule has 0 saturated carbocycles. The summed E-state index contributed by atoms with van der Waals surface area (Å²) in [7, 11) is 0. The van der Waals surface area contributed by atoms with Crippen molar-refractivity contribution in [1.29, 1.82) is 0 Å². The van der Waals surface area contributed by atoms with Gasteiger partial charge in [0.05, 0.1) is 5.69 Å². The van der Waals surface area contributed by atoms with E-state index in [1.54, 1.807) is 0 Å². The molecule has 0 radical (unpaired) electrons. The number of hydrogen-bond donors (Lipinski definition) is 0. The lowest BCUT2D eigenvalue weighted by Gasteiger charge is -2.28. The van der Waals surface area contributed by atoms with Crippen molar-refractivity contribution >= 4 is 71.7 Å². The van der Waals surface area contributed by atoms with Crippen molar-refractivity contribution in [3.8, 4) is 22.3 Å². The molecule has 8 aromatic carbocycles. The van der Waals surface area contributed by atoms with Crippen LogP contribution in [0.5, 0.6) is 0 Å². The molecule has 3 heteroatoms. The van der Waals surface area contributed by atoms with Gasteiger partial charge in [-0.15, -0.1) is 0 Å². The van der Waals surface area contributed by atoms with Gasteiger partial charge in [0.2, 0.25) is 0 Å². The minimum atomic E-state index is 0.858. The fourth-order valence-electron chi connectivity index (χ4n) is 7.44. The van der Waals surface area contributed by atoms with Gasteiger partial charge in [0.15, 0.2) is 0 Å². The van der Waals surface area contributed by atoms with Crippen molar-refractivity contribution < 1.29 is 8.83 Å². The minimum Gasteiger partial charge on any atom is -0.456 e. The molecule has 49 heavy (non-hydrogen) atoms. The highest BCUT2D eigenvalue weighted by Gasteiger charge is 2.21. The molecule has 2 aromatic heterocycles. The first-order chi connectivity index (χ1) is 24.3. The maximum Gasteiger partial charge on any atom is 0.137 e. The second kappa shape index (κ2) is 11.0. The summed E-state index contributed by atoms with van der Waals surface area (Å²) in [5, 5.41) is 6.93. The number of furan rings is 2. The first-order valence-electron chi connectivity index (χ1n) is 16.6. The Hall–Kier alpha value is -6.58. The van der Waals surface area contributed by atoms with Crippen LogP contribution in [-0.4, -0.2) is 0 Å². The molecule has 10 rings (SSSR count). The van der Waals surface area contributed by atoms with Gasteiger partial charge in [0, 0.05) is 44.5 Å². The van der Waals surface area contributed by atoms with E-state index in [9.17, 15) is 0 Å². The topological polar surface area (TPSA) is 29.5 Å². The Balaban J connectivity index is 1.19. The number of para-hydroxylation sites is 3. The summed E-state index contributed by atoms with van der Waals surface area (Å²) in [6, 6.07) is 62.1. The predicted molar refractivity (Wildman–Crippen MR) is 204 cm³/mol. The molecule has 0 amide bonds. The molecule has 0 N–H and O–H groups in total. The van der Waals surface area contributed by atoms with E-state index < -0.39 is 0 Å². The standard InChI is InChI=1S/C46H29NO2/c1-2-13-34-30(11-1)12-9-17-35(34)31-23-25-32(26-24-31)47(33-27-28-38-37-15-4-7-20-42(37)49-45(38)29-33)41-19-6-3-14-36(41)39-18-10-22-44-46(39)40-16-5-8-21-43(40)48-44/h1-29H. The van der Waals surface area contributed by atoms with Gasteiger partial charge < -0.3 is 13.7 Å². The molecule has 230 valence electrons. The summed E-state index contributed by atoms with van der Waals surface area (Å²) in [5.41, 5.74) is 11.3. The lowest BCUT2D eigenvalue weighted by Crippen LogP contribution is -2.11. The fourth-order valence-corrected chi connectivity index (χ4v) is 7.44. The number of nitrogens with zero attached hydrogens (tertiary/aromatic N) is 1. The zero-order chi connectivity index (χ0) is 32.3. The SMILES string of the molecule is c1ccc(N(c2ccc(-c3cccc4ccccc34)cc2)c2ccc3c(c2)oc2ccccc23)c(-c2cccc3oc4ccccc4c23)c1. The van der Waals surface area contributed by atoms with E-state index in [0.717, 1.165) is 72.1 Å². The molecule has 10 aromatic rings. The third-order valence-electron chi connectivity index (χ3n) is 9.68. The van der Waals surface area contributed by atoms with Crippen LogP contribution in [0.3, 0.4) is 0 Å².